The Morgan fingerprint density at radius 2 is 1.90 bits per heavy atom. The summed E-state index contributed by atoms with van der Waals surface area (Å²) in [7, 11) is 0. The number of benzene rings is 1. The Kier molecular flexibility index (Phi) is 8.76. The number of rotatable bonds is 10. The SMILES string of the molecule is CC(C)n1c(C(=O)NCc2ccccc2)nc(Br)c1/C=C/[C@@H](O)C[C@@H](O)CC(=O)O. The smallest absolute Gasteiger partial charge is 0.305 e. The van der Waals surface area contributed by atoms with E-state index in [0.717, 1.165) is 5.56 Å². The Morgan fingerprint density at radius 3 is 2.50 bits per heavy atom. The Labute approximate surface area is 183 Å². The number of aliphatic hydroxyl groups is 2. The predicted octanol–water partition coefficient (Wildman–Crippen LogP) is 2.76. The van der Waals surface area contributed by atoms with Gasteiger partial charge in [0, 0.05) is 19.0 Å². The molecule has 0 aliphatic heterocycles. The fraction of sp³-hybridized carbons (Fsp3) is 0.381. The lowest BCUT2D eigenvalue weighted by Gasteiger charge is -2.15. The van der Waals surface area contributed by atoms with Crippen molar-refractivity contribution < 1.29 is 24.9 Å². The molecule has 0 bridgehead atoms. The average Bonchev–Trinajstić information content (AvgIpc) is 3.01. The molecule has 9 heteroatoms. The maximum absolute atomic E-state index is 12.7. The van der Waals surface area contributed by atoms with Gasteiger partial charge in [-0.15, -0.1) is 0 Å². The van der Waals surface area contributed by atoms with Crippen LogP contribution in [-0.2, 0) is 11.3 Å². The normalized spacial score (nSPS) is 13.5. The van der Waals surface area contributed by atoms with E-state index in [9.17, 15) is 19.8 Å². The molecule has 2 aromatic rings. The molecule has 1 amide bonds. The van der Waals surface area contributed by atoms with E-state index in [1.54, 1.807) is 10.6 Å². The van der Waals surface area contributed by atoms with Gasteiger partial charge in [-0.05, 0) is 41.4 Å². The van der Waals surface area contributed by atoms with Gasteiger partial charge >= 0.3 is 5.97 Å². The number of carbonyl (C=O) groups excluding carboxylic acids is 1. The standard InChI is InChI=1S/C21H26BrN3O5/c1-13(2)25-17(9-8-15(26)10-16(27)11-18(28)29)19(22)24-20(25)21(30)23-12-14-6-4-3-5-7-14/h3-9,13,15-16,26-27H,10-12H2,1-2H3,(H,23,30)(H,28,29)/b9-8+/t15-,16-/m1/s1. The summed E-state index contributed by atoms with van der Waals surface area (Å²) >= 11 is 3.36. The molecule has 0 spiro atoms. The summed E-state index contributed by atoms with van der Waals surface area (Å²) in [4.78, 5) is 27.7. The summed E-state index contributed by atoms with van der Waals surface area (Å²) in [6.07, 6.45) is 0.294. The van der Waals surface area contributed by atoms with Crippen molar-refractivity contribution in [1.29, 1.82) is 0 Å². The van der Waals surface area contributed by atoms with Gasteiger partial charge in [-0.1, -0.05) is 36.4 Å². The zero-order valence-electron chi connectivity index (χ0n) is 16.8. The van der Waals surface area contributed by atoms with Gasteiger partial charge in [0.2, 0.25) is 5.82 Å². The number of aliphatic hydroxyl groups excluding tert-OH is 2. The Balaban J connectivity index is 2.15. The fourth-order valence-electron chi connectivity index (χ4n) is 2.95. The number of carbonyl (C=O) groups is 2. The van der Waals surface area contributed by atoms with E-state index in [4.69, 9.17) is 5.11 Å². The van der Waals surface area contributed by atoms with Crippen molar-refractivity contribution in [3.05, 3.63) is 58.1 Å². The third-order valence-corrected chi connectivity index (χ3v) is 4.90. The number of aromatic nitrogens is 2. The quantitative estimate of drug-likeness (QED) is 0.415. The third kappa shape index (κ3) is 6.79. The summed E-state index contributed by atoms with van der Waals surface area (Å²) in [6, 6.07) is 9.44. The van der Waals surface area contributed by atoms with Gasteiger partial charge in [0.25, 0.3) is 5.91 Å². The van der Waals surface area contributed by atoms with Gasteiger partial charge in [0.05, 0.1) is 24.3 Å². The van der Waals surface area contributed by atoms with E-state index in [-0.39, 0.29) is 24.2 Å². The molecule has 30 heavy (non-hydrogen) atoms. The molecule has 2 rings (SSSR count). The molecule has 0 saturated carbocycles. The first-order valence-corrected chi connectivity index (χ1v) is 10.3. The Hall–Kier alpha value is -2.49. The van der Waals surface area contributed by atoms with E-state index in [1.807, 2.05) is 44.2 Å². The number of aliphatic carboxylic acids is 1. The first-order valence-electron chi connectivity index (χ1n) is 9.55. The summed E-state index contributed by atoms with van der Waals surface area (Å²) < 4.78 is 2.18. The lowest BCUT2D eigenvalue weighted by molar-refractivity contribution is -0.139. The molecule has 0 aliphatic carbocycles. The highest BCUT2D eigenvalue weighted by Crippen LogP contribution is 2.24. The van der Waals surface area contributed by atoms with Crippen LogP contribution in [0, 0.1) is 0 Å². The van der Waals surface area contributed by atoms with Crippen LogP contribution in [0.4, 0.5) is 0 Å². The van der Waals surface area contributed by atoms with Gasteiger partial charge in [0.1, 0.15) is 4.60 Å². The maximum atomic E-state index is 12.7. The van der Waals surface area contributed by atoms with Crippen LogP contribution in [0.15, 0.2) is 41.0 Å². The largest absolute Gasteiger partial charge is 0.481 e. The van der Waals surface area contributed by atoms with E-state index < -0.39 is 24.6 Å². The lowest BCUT2D eigenvalue weighted by atomic mass is 10.1. The number of halogens is 1. The molecule has 2 atom stereocenters. The van der Waals surface area contributed by atoms with Crippen molar-refractivity contribution in [3.63, 3.8) is 0 Å². The van der Waals surface area contributed by atoms with E-state index >= 15 is 0 Å². The number of hydrogen-bond acceptors (Lipinski definition) is 5. The van der Waals surface area contributed by atoms with Gasteiger partial charge in [0.15, 0.2) is 0 Å². The van der Waals surface area contributed by atoms with Crippen LogP contribution < -0.4 is 5.32 Å². The van der Waals surface area contributed by atoms with Crippen LogP contribution in [0.1, 0.15) is 54.6 Å². The van der Waals surface area contributed by atoms with Crippen LogP contribution in [0.25, 0.3) is 6.08 Å². The van der Waals surface area contributed by atoms with Crippen molar-refractivity contribution in [3.8, 4) is 0 Å². The number of amides is 1. The summed E-state index contributed by atoms with van der Waals surface area (Å²) in [5.41, 5.74) is 1.55. The van der Waals surface area contributed by atoms with Crippen molar-refractivity contribution >= 4 is 33.9 Å². The minimum atomic E-state index is -1.15. The van der Waals surface area contributed by atoms with Crippen LogP contribution in [0.2, 0.25) is 0 Å². The zero-order valence-corrected chi connectivity index (χ0v) is 18.4. The molecule has 1 aromatic carbocycles. The number of nitrogens with one attached hydrogen (secondary N) is 1. The summed E-state index contributed by atoms with van der Waals surface area (Å²) in [6.45, 7) is 4.19. The van der Waals surface area contributed by atoms with Crippen molar-refractivity contribution in [1.82, 2.24) is 14.9 Å². The molecule has 1 heterocycles. The Bertz CT molecular complexity index is 896. The van der Waals surface area contributed by atoms with Crippen molar-refractivity contribution in [2.75, 3.05) is 0 Å². The fourth-order valence-corrected chi connectivity index (χ4v) is 3.44. The average molecular weight is 480 g/mol. The summed E-state index contributed by atoms with van der Waals surface area (Å²) in [5, 5.41) is 31.3. The second-order valence-corrected chi connectivity index (χ2v) is 7.91. The number of carboxylic acid groups (broad SMARTS) is 1. The zero-order chi connectivity index (χ0) is 22.3. The highest BCUT2D eigenvalue weighted by atomic mass is 79.9. The monoisotopic (exact) mass is 479 g/mol. The number of nitrogens with zero attached hydrogens (tertiary/aromatic N) is 2. The molecular weight excluding hydrogens is 454 g/mol. The molecule has 1 aromatic heterocycles. The molecular formula is C21H26BrN3O5. The van der Waals surface area contributed by atoms with Crippen molar-refractivity contribution in [2.24, 2.45) is 0 Å². The first kappa shape index (κ1) is 23.8. The minimum absolute atomic E-state index is 0.0873. The molecule has 8 nitrogen and oxygen atoms in total. The highest BCUT2D eigenvalue weighted by molar-refractivity contribution is 9.10. The second kappa shape index (κ2) is 11.1. The van der Waals surface area contributed by atoms with Crippen LogP contribution in [-0.4, -0.2) is 49.0 Å². The minimum Gasteiger partial charge on any atom is -0.481 e. The van der Waals surface area contributed by atoms with Gasteiger partial charge in [-0.2, -0.15) is 0 Å². The number of carboxylic acids is 1. The first-order chi connectivity index (χ1) is 14.2. The number of hydrogen-bond donors (Lipinski definition) is 4. The van der Waals surface area contributed by atoms with Crippen LogP contribution in [0.5, 0.6) is 0 Å². The molecule has 0 fully saturated rings. The predicted molar refractivity (Wildman–Crippen MR) is 116 cm³/mol. The van der Waals surface area contributed by atoms with Gasteiger partial charge < -0.3 is 25.2 Å². The molecule has 4 N–H and O–H groups in total. The van der Waals surface area contributed by atoms with Gasteiger partial charge in [-0.25, -0.2) is 4.98 Å². The van der Waals surface area contributed by atoms with Crippen LogP contribution >= 0.6 is 15.9 Å². The summed E-state index contributed by atoms with van der Waals surface area (Å²) in [5.74, 6) is -1.23. The van der Waals surface area contributed by atoms with E-state index in [0.29, 0.717) is 16.8 Å². The van der Waals surface area contributed by atoms with Crippen molar-refractivity contribution in [2.45, 2.75) is 51.5 Å². The van der Waals surface area contributed by atoms with E-state index in [2.05, 4.69) is 26.2 Å². The maximum Gasteiger partial charge on any atom is 0.305 e. The molecule has 0 radical (unpaired) electrons. The lowest BCUT2D eigenvalue weighted by Crippen LogP contribution is -2.27. The topological polar surface area (TPSA) is 125 Å². The molecule has 0 aliphatic rings. The van der Waals surface area contributed by atoms with Crippen LogP contribution in [0.3, 0.4) is 0 Å². The number of imidazole rings is 1. The second-order valence-electron chi connectivity index (χ2n) is 7.16. The molecule has 162 valence electrons. The van der Waals surface area contributed by atoms with Gasteiger partial charge in [-0.3, -0.25) is 9.59 Å². The molecule has 0 unspecified atom stereocenters. The Morgan fingerprint density at radius 1 is 1.23 bits per heavy atom. The van der Waals surface area contributed by atoms with E-state index in [1.165, 1.54) is 6.08 Å². The highest BCUT2D eigenvalue weighted by Gasteiger charge is 2.22. The molecule has 0 saturated heterocycles. The third-order valence-electron chi connectivity index (χ3n) is 4.32.